The second-order valence-corrected chi connectivity index (χ2v) is 4.87. The number of rotatable bonds is 3. The quantitative estimate of drug-likeness (QED) is 0.600. The van der Waals surface area contributed by atoms with Crippen molar-refractivity contribution in [1.29, 1.82) is 0 Å². The number of benzene rings is 2. The molecule has 6 heteroatoms. The third-order valence-electron chi connectivity index (χ3n) is 2.42. The molecule has 0 saturated heterocycles. The van der Waals surface area contributed by atoms with Gasteiger partial charge in [0.15, 0.2) is 0 Å². The third kappa shape index (κ3) is 7.34. The molecule has 21 heavy (non-hydrogen) atoms. The Morgan fingerprint density at radius 1 is 1.05 bits per heavy atom. The van der Waals surface area contributed by atoms with Crippen LogP contribution in [0, 0.1) is 0 Å². The molecule has 0 aliphatic carbocycles. The van der Waals surface area contributed by atoms with E-state index >= 15 is 0 Å². The largest absolute Gasteiger partial charge is 0.432 e. The minimum Gasteiger partial charge on any atom is -0.432 e. The smallest absolute Gasteiger partial charge is 0.273 e. The van der Waals surface area contributed by atoms with Crippen LogP contribution in [0.15, 0.2) is 54.6 Å². The number of thiocarbonyl (C=S) groups is 1. The highest BCUT2D eigenvalue weighted by Crippen LogP contribution is 2.21. The minimum atomic E-state index is -0.639. The number of thiol groups is 1. The molecule has 0 aliphatic heterocycles. The van der Waals surface area contributed by atoms with Gasteiger partial charge in [-0.15, -0.1) is 0 Å². The summed E-state index contributed by atoms with van der Waals surface area (Å²) in [6.07, 6.45) is 0.805. The first-order valence-corrected chi connectivity index (χ1v) is 6.92. The van der Waals surface area contributed by atoms with Crippen molar-refractivity contribution in [2.75, 3.05) is 0 Å². The van der Waals surface area contributed by atoms with Crippen molar-refractivity contribution in [1.82, 2.24) is 0 Å². The summed E-state index contributed by atoms with van der Waals surface area (Å²) in [7, 11) is 0. The van der Waals surface area contributed by atoms with Crippen LogP contribution >= 0.6 is 24.8 Å². The second kappa shape index (κ2) is 8.99. The molecule has 2 aromatic carbocycles. The van der Waals surface area contributed by atoms with Crippen molar-refractivity contribution >= 4 is 35.3 Å². The van der Waals surface area contributed by atoms with Crippen LogP contribution in [0.2, 0.25) is 0 Å². The van der Waals surface area contributed by atoms with Crippen LogP contribution in [-0.4, -0.2) is 10.4 Å². The Morgan fingerprint density at radius 2 is 1.57 bits per heavy atom. The molecule has 110 valence electrons. The molecule has 0 radical (unpaired) electrons. The van der Waals surface area contributed by atoms with Crippen molar-refractivity contribution < 1.29 is 9.53 Å². The summed E-state index contributed by atoms with van der Waals surface area (Å²) in [5, 5.41) is -0.592. The summed E-state index contributed by atoms with van der Waals surface area (Å²) in [5.74, 6) is 0.726. The molecule has 0 atom stereocenters. The van der Waals surface area contributed by atoms with Crippen LogP contribution in [0.4, 0.5) is 4.79 Å². The fraction of sp³-hybridized carbons (Fsp3) is 0.0667. The number of hydrogen-bond acceptors (Lipinski definition) is 3. The molecule has 2 rings (SSSR count). The van der Waals surface area contributed by atoms with Gasteiger partial charge < -0.3 is 16.2 Å². The number of nitrogens with two attached hydrogens (primary N) is 2. The fourth-order valence-corrected chi connectivity index (χ4v) is 1.76. The zero-order valence-electron chi connectivity index (χ0n) is 11.2. The van der Waals surface area contributed by atoms with Gasteiger partial charge in [-0.3, -0.25) is 4.79 Å². The molecule has 0 saturated carbocycles. The van der Waals surface area contributed by atoms with E-state index in [9.17, 15) is 0 Å². The van der Waals surface area contributed by atoms with Gasteiger partial charge in [-0.2, -0.15) is 0 Å². The molecule has 2 aromatic rings. The van der Waals surface area contributed by atoms with Crippen molar-refractivity contribution in [2.45, 2.75) is 6.42 Å². The maximum atomic E-state index is 9.09. The predicted octanol–water partition coefficient (Wildman–Crippen LogP) is 2.89. The van der Waals surface area contributed by atoms with E-state index in [1.54, 1.807) is 0 Å². The zero-order valence-corrected chi connectivity index (χ0v) is 12.9. The highest BCUT2D eigenvalue weighted by Gasteiger charge is 2.04. The predicted molar refractivity (Wildman–Crippen MR) is 91.7 cm³/mol. The lowest BCUT2D eigenvalue weighted by Crippen LogP contribution is -2.16. The third-order valence-corrected chi connectivity index (χ3v) is 2.50. The van der Waals surface area contributed by atoms with Crippen LogP contribution in [0.5, 0.6) is 5.75 Å². The molecule has 0 bridgehead atoms. The normalized spacial score (nSPS) is 9.19. The molecule has 0 spiro atoms. The number of ether oxygens (including phenoxy) is 1. The first kappa shape index (κ1) is 17.0. The summed E-state index contributed by atoms with van der Waals surface area (Å²) in [4.78, 5) is 9.09. The van der Waals surface area contributed by atoms with Crippen molar-refractivity contribution in [3.8, 4) is 5.75 Å². The molecule has 4 N–H and O–H groups in total. The lowest BCUT2D eigenvalue weighted by Gasteiger charge is -2.09. The van der Waals surface area contributed by atoms with Gasteiger partial charge in [0.25, 0.3) is 10.4 Å². The molecule has 4 nitrogen and oxygen atoms in total. The van der Waals surface area contributed by atoms with Crippen molar-refractivity contribution in [3.63, 3.8) is 0 Å². The number of para-hydroxylation sites is 1. The lowest BCUT2D eigenvalue weighted by atomic mass is 10.0. The Labute approximate surface area is 134 Å². The Morgan fingerprint density at radius 3 is 2.14 bits per heavy atom. The van der Waals surface area contributed by atoms with E-state index in [4.69, 9.17) is 27.5 Å². The van der Waals surface area contributed by atoms with Crippen LogP contribution in [0.1, 0.15) is 11.1 Å². The molecular formula is C15H16N2O2S2. The van der Waals surface area contributed by atoms with Gasteiger partial charge in [0.05, 0.1) is 0 Å². The van der Waals surface area contributed by atoms with E-state index in [2.05, 4.69) is 30.5 Å². The first-order chi connectivity index (χ1) is 9.99. The SMILES string of the molecule is NC(=O)S.NC(=S)Oc1ccccc1Cc1ccccc1. The molecule has 0 aromatic heterocycles. The molecule has 0 heterocycles. The van der Waals surface area contributed by atoms with E-state index in [0.29, 0.717) is 0 Å². The average molecular weight is 320 g/mol. The number of amides is 1. The number of primary amides is 1. The monoisotopic (exact) mass is 320 g/mol. The van der Waals surface area contributed by atoms with Gasteiger partial charge in [0.2, 0.25) is 0 Å². The summed E-state index contributed by atoms with van der Waals surface area (Å²) >= 11 is 7.86. The highest BCUT2D eigenvalue weighted by molar-refractivity contribution is 7.96. The summed E-state index contributed by atoms with van der Waals surface area (Å²) in [6, 6.07) is 18.0. The van der Waals surface area contributed by atoms with Crippen LogP contribution in [-0.2, 0) is 6.42 Å². The summed E-state index contributed by atoms with van der Waals surface area (Å²) in [6.45, 7) is 0. The second-order valence-electron chi connectivity index (χ2n) is 4.03. The fourth-order valence-electron chi connectivity index (χ4n) is 1.67. The Kier molecular flexibility index (Phi) is 7.28. The summed E-state index contributed by atoms with van der Waals surface area (Å²) in [5.41, 5.74) is 12.0. The number of carbonyl (C=O) groups is 1. The summed E-state index contributed by atoms with van der Waals surface area (Å²) < 4.78 is 5.33. The van der Waals surface area contributed by atoms with E-state index in [1.807, 2.05) is 42.5 Å². The van der Waals surface area contributed by atoms with Gasteiger partial charge >= 0.3 is 0 Å². The number of carbonyl (C=O) groups excluding carboxylic acids is 1. The van der Waals surface area contributed by atoms with Crippen LogP contribution in [0.25, 0.3) is 0 Å². The maximum absolute atomic E-state index is 9.09. The molecule has 1 amide bonds. The van der Waals surface area contributed by atoms with Crippen LogP contribution < -0.4 is 16.2 Å². The van der Waals surface area contributed by atoms with Gasteiger partial charge in [0.1, 0.15) is 5.75 Å². The van der Waals surface area contributed by atoms with Crippen molar-refractivity contribution in [3.05, 3.63) is 65.7 Å². The molecule has 0 fully saturated rings. The number of hydrogen-bond donors (Lipinski definition) is 3. The van der Waals surface area contributed by atoms with Crippen LogP contribution in [0.3, 0.4) is 0 Å². The lowest BCUT2D eigenvalue weighted by molar-refractivity contribution is 0.267. The van der Waals surface area contributed by atoms with Gasteiger partial charge in [-0.05, 0) is 29.4 Å². The highest BCUT2D eigenvalue weighted by atomic mass is 32.1. The molecule has 0 aliphatic rings. The molecule has 0 unspecified atom stereocenters. The Hall–Kier alpha value is -2.05. The zero-order chi connectivity index (χ0) is 15.7. The van der Waals surface area contributed by atoms with Gasteiger partial charge in [-0.25, -0.2) is 0 Å². The Balaban J connectivity index is 0.000000491. The topological polar surface area (TPSA) is 78.3 Å². The standard InChI is InChI=1S/C14H13NOS.CH3NOS/c15-14(17)16-13-9-5-4-8-12(13)10-11-6-2-1-3-7-11;2-1(3)4/h1-9H,10H2,(H2,15,17);(H3,2,3,4). The van der Waals surface area contributed by atoms with Crippen molar-refractivity contribution in [2.24, 2.45) is 11.5 Å². The first-order valence-electron chi connectivity index (χ1n) is 6.06. The average Bonchev–Trinajstić information content (AvgIpc) is 2.41. The van der Waals surface area contributed by atoms with Gasteiger partial charge in [-0.1, -0.05) is 61.2 Å². The van der Waals surface area contributed by atoms with E-state index in [-0.39, 0.29) is 5.17 Å². The minimum absolute atomic E-state index is 0.0468. The molecular weight excluding hydrogens is 304 g/mol. The Bertz CT molecular complexity index is 600. The van der Waals surface area contributed by atoms with E-state index < -0.39 is 5.24 Å². The van der Waals surface area contributed by atoms with E-state index in [1.165, 1.54) is 5.56 Å². The maximum Gasteiger partial charge on any atom is 0.273 e. The van der Waals surface area contributed by atoms with E-state index in [0.717, 1.165) is 17.7 Å². The van der Waals surface area contributed by atoms with Gasteiger partial charge in [0, 0.05) is 6.42 Å².